The predicted octanol–water partition coefficient (Wildman–Crippen LogP) is 0.355. The molecule has 6 atom stereocenters. The Bertz CT molecular complexity index is 1040. The maximum Gasteiger partial charge on any atom is 0.306 e. The number of aliphatic hydroxyl groups is 4. The van der Waals surface area contributed by atoms with Crippen molar-refractivity contribution in [1.82, 2.24) is 10.6 Å². The SMILES string of the molecule is CCC(CO)OC(CO)OC.CCC(CO)OC(COC(=O)CCC(=O)NCCCOCCCNC(=O)CSC)OC.CCC(CO)OC(COC(=O)CCC(=O)O)OC. The fraction of sp³-hybridized carbons (Fsp3) is 0.868. The molecule has 2 amide bonds. The van der Waals surface area contributed by atoms with Crippen molar-refractivity contribution in [2.75, 3.05) is 99.3 Å². The molecule has 356 valence electrons. The molecule has 0 saturated heterocycles. The highest BCUT2D eigenvalue weighted by Gasteiger charge is 2.18. The third kappa shape index (κ3) is 39.4. The summed E-state index contributed by atoms with van der Waals surface area (Å²) in [7, 11) is 4.26. The minimum Gasteiger partial charge on any atom is -0.481 e. The zero-order chi connectivity index (χ0) is 46.0. The van der Waals surface area contributed by atoms with Crippen LogP contribution in [0.1, 0.15) is 78.6 Å². The van der Waals surface area contributed by atoms with Gasteiger partial charge in [0.1, 0.15) is 13.2 Å². The Morgan fingerprint density at radius 3 is 1.32 bits per heavy atom. The fourth-order valence-electron chi connectivity index (χ4n) is 4.02. The number of hydrogen-bond acceptors (Lipinski definition) is 19. The van der Waals surface area contributed by atoms with E-state index < -0.39 is 36.8 Å². The quantitative estimate of drug-likeness (QED) is 0.0254. The summed E-state index contributed by atoms with van der Waals surface area (Å²) in [5.41, 5.74) is 0. The van der Waals surface area contributed by atoms with Crippen LogP contribution in [-0.2, 0) is 66.6 Å². The average molecular weight is 895 g/mol. The predicted molar refractivity (Wildman–Crippen MR) is 219 cm³/mol. The first-order valence-electron chi connectivity index (χ1n) is 19.9. The largest absolute Gasteiger partial charge is 0.481 e. The summed E-state index contributed by atoms with van der Waals surface area (Å²) in [4.78, 5) is 56.2. The molecule has 0 fully saturated rings. The van der Waals surface area contributed by atoms with Crippen molar-refractivity contribution < 1.29 is 92.1 Å². The Morgan fingerprint density at radius 1 is 0.567 bits per heavy atom. The molecule has 0 aromatic heterocycles. The number of carbonyl (C=O) groups is 5. The second-order valence-corrected chi connectivity index (χ2v) is 13.3. The first-order valence-corrected chi connectivity index (χ1v) is 21.3. The molecule has 0 aliphatic carbocycles. The van der Waals surface area contributed by atoms with Gasteiger partial charge in [-0.05, 0) is 38.4 Å². The van der Waals surface area contributed by atoms with Crippen LogP contribution < -0.4 is 10.6 Å². The van der Waals surface area contributed by atoms with Crippen molar-refractivity contribution in [1.29, 1.82) is 0 Å². The van der Waals surface area contributed by atoms with Gasteiger partial charge in [0.2, 0.25) is 11.8 Å². The van der Waals surface area contributed by atoms with E-state index in [1.54, 1.807) is 0 Å². The van der Waals surface area contributed by atoms with E-state index >= 15 is 0 Å². The van der Waals surface area contributed by atoms with Crippen molar-refractivity contribution in [2.45, 2.75) is 116 Å². The summed E-state index contributed by atoms with van der Waals surface area (Å²) in [5.74, 6) is -1.95. The van der Waals surface area contributed by atoms with Gasteiger partial charge in [-0.25, -0.2) is 0 Å². The van der Waals surface area contributed by atoms with Gasteiger partial charge >= 0.3 is 17.9 Å². The van der Waals surface area contributed by atoms with Gasteiger partial charge < -0.3 is 78.8 Å². The minimum atomic E-state index is -1.06. The first-order chi connectivity index (χ1) is 28.8. The van der Waals surface area contributed by atoms with E-state index in [4.69, 9.17) is 68.2 Å². The maximum atomic E-state index is 11.8. The Balaban J connectivity index is -0.000000937. The third-order valence-corrected chi connectivity index (χ3v) is 8.21. The summed E-state index contributed by atoms with van der Waals surface area (Å²) in [6.07, 6.45) is 1.55. The molecule has 21 nitrogen and oxygen atoms in total. The van der Waals surface area contributed by atoms with Gasteiger partial charge in [-0.1, -0.05) is 20.8 Å². The first kappa shape index (κ1) is 61.6. The molecule has 0 heterocycles. The molecular weight excluding hydrogens is 820 g/mol. The lowest BCUT2D eigenvalue weighted by Crippen LogP contribution is -2.31. The molecule has 6 unspecified atom stereocenters. The van der Waals surface area contributed by atoms with Crippen LogP contribution in [0.5, 0.6) is 0 Å². The number of aliphatic hydroxyl groups excluding tert-OH is 4. The number of carboxylic acids is 1. The maximum absolute atomic E-state index is 11.8. The minimum absolute atomic E-state index is 0.0257. The Labute approximate surface area is 358 Å². The van der Waals surface area contributed by atoms with Gasteiger partial charge in [-0.2, -0.15) is 11.8 Å². The number of thioether (sulfide) groups is 1. The molecule has 0 radical (unpaired) electrons. The van der Waals surface area contributed by atoms with Gasteiger partial charge in [0.05, 0.1) is 69.8 Å². The highest BCUT2D eigenvalue weighted by Crippen LogP contribution is 2.07. The molecular formula is C38H74N2O19S. The number of carboxylic acid groups (broad SMARTS) is 1. The van der Waals surface area contributed by atoms with Crippen molar-refractivity contribution >= 4 is 41.5 Å². The van der Waals surface area contributed by atoms with Crippen molar-refractivity contribution in [3.05, 3.63) is 0 Å². The molecule has 0 saturated carbocycles. The molecule has 0 bridgehead atoms. The summed E-state index contributed by atoms with van der Waals surface area (Å²) in [5, 5.41) is 49.3. The standard InChI is InChI=1S/C20H38N2O8S.C11H20O7.C7H16O4/c1-4-16(13-23)30-20(27-2)14-29-19(26)8-7-17(24)21-9-5-11-28-12-6-10-22-18(25)15-31-3;1-3-8(6-12)18-11(16-2)7-17-10(15)5-4-9(13)14;1-3-6(4-8)11-7(5-9)10-2/h16,20,23H,4-15H2,1-3H3,(H,21,24)(H,22,25);8,11-12H,3-7H2,1-2H3,(H,13,14);6-9H,3-5H2,1-2H3. The molecule has 60 heavy (non-hydrogen) atoms. The Morgan fingerprint density at radius 2 is 0.967 bits per heavy atom. The van der Waals surface area contributed by atoms with Gasteiger partial charge in [0.15, 0.2) is 18.9 Å². The lowest BCUT2D eigenvalue weighted by Gasteiger charge is -2.21. The van der Waals surface area contributed by atoms with Gasteiger partial charge in [-0.15, -0.1) is 0 Å². The van der Waals surface area contributed by atoms with Gasteiger partial charge in [0.25, 0.3) is 0 Å². The molecule has 0 aliphatic rings. The molecule has 22 heteroatoms. The van der Waals surface area contributed by atoms with Crippen LogP contribution in [0.2, 0.25) is 0 Å². The van der Waals surface area contributed by atoms with Crippen LogP contribution >= 0.6 is 11.8 Å². The van der Waals surface area contributed by atoms with Crippen LogP contribution in [0, 0.1) is 0 Å². The van der Waals surface area contributed by atoms with E-state index in [0.717, 1.165) is 6.42 Å². The van der Waals surface area contributed by atoms with Crippen molar-refractivity contribution in [3.63, 3.8) is 0 Å². The van der Waals surface area contributed by atoms with Crippen molar-refractivity contribution in [2.24, 2.45) is 0 Å². The summed E-state index contributed by atoms with van der Waals surface area (Å²) >= 11 is 1.48. The molecule has 0 rings (SSSR count). The summed E-state index contributed by atoms with van der Waals surface area (Å²) in [6, 6.07) is 0. The second-order valence-electron chi connectivity index (χ2n) is 12.4. The van der Waals surface area contributed by atoms with E-state index in [1.807, 2.05) is 27.0 Å². The number of hydrogen-bond donors (Lipinski definition) is 7. The molecule has 0 aliphatic heterocycles. The molecule has 0 spiro atoms. The summed E-state index contributed by atoms with van der Waals surface area (Å²) < 4.78 is 45.9. The van der Waals surface area contributed by atoms with E-state index in [-0.39, 0.29) is 95.5 Å². The van der Waals surface area contributed by atoms with Crippen LogP contribution in [0.25, 0.3) is 0 Å². The second kappa shape index (κ2) is 44.3. The number of aliphatic carboxylic acids is 1. The van der Waals surface area contributed by atoms with E-state index in [1.165, 1.54) is 33.1 Å². The molecule has 0 aromatic rings. The normalized spacial score (nSPS) is 13.8. The number of nitrogens with one attached hydrogen (secondary N) is 2. The highest BCUT2D eigenvalue weighted by atomic mass is 32.2. The Kier molecular flexibility index (Phi) is 45.5. The van der Waals surface area contributed by atoms with Gasteiger partial charge in [0, 0.05) is 54.1 Å². The van der Waals surface area contributed by atoms with E-state index in [0.29, 0.717) is 57.7 Å². The number of amides is 2. The smallest absolute Gasteiger partial charge is 0.306 e. The number of methoxy groups -OCH3 is 3. The van der Waals surface area contributed by atoms with Crippen LogP contribution in [0.4, 0.5) is 0 Å². The molecule has 0 aromatic carbocycles. The molecule has 7 N–H and O–H groups in total. The van der Waals surface area contributed by atoms with Crippen LogP contribution in [0.3, 0.4) is 0 Å². The zero-order valence-electron chi connectivity index (χ0n) is 36.5. The number of esters is 2. The van der Waals surface area contributed by atoms with E-state index in [9.17, 15) is 24.0 Å². The average Bonchev–Trinajstić information content (AvgIpc) is 3.25. The number of ether oxygens (including phenoxy) is 9. The van der Waals surface area contributed by atoms with Crippen LogP contribution in [0.15, 0.2) is 0 Å². The number of carbonyl (C=O) groups excluding carboxylic acids is 4. The highest BCUT2D eigenvalue weighted by molar-refractivity contribution is 7.99. The zero-order valence-corrected chi connectivity index (χ0v) is 37.3. The lowest BCUT2D eigenvalue weighted by atomic mass is 10.3. The number of rotatable bonds is 36. The third-order valence-electron chi connectivity index (χ3n) is 7.66. The topological polar surface area (TPSA) is 294 Å². The van der Waals surface area contributed by atoms with Gasteiger partial charge in [-0.3, -0.25) is 24.0 Å². The Hall–Kier alpha value is -2.74. The van der Waals surface area contributed by atoms with Crippen molar-refractivity contribution in [3.8, 4) is 0 Å². The van der Waals surface area contributed by atoms with E-state index in [2.05, 4.69) is 10.6 Å². The van der Waals surface area contributed by atoms with Crippen LogP contribution in [-0.4, -0.2) is 192 Å². The fourth-order valence-corrected chi connectivity index (χ4v) is 4.38. The lowest BCUT2D eigenvalue weighted by molar-refractivity contribution is -0.195. The monoisotopic (exact) mass is 894 g/mol. The summed E-state index contributed by atoms with van der Waals surface area (Å²) in [6.45, 7) is 6.92.